The Labute approximate surface area is 233 Å². The SMILES string of the molecule is CCOc1cc(/C=N/NC(=O)C(CC(C)C)NC(=O)c2ccc(Cl)cc2)ccc1OCc1ccccc1Cl. The van der Waals surface area contributed by atoms with Gasteiger partial charge in [-0.25, -0.2) is 5.43 Å². The van der Waals surface area contributed by atoms with Gasteiger partial charge in [-0.05, 0) is 73.4 Å². The fourth-order valence-corrected chi connectivity index (χ4v) is 3.87. The molecule has 2 N–H and O–H groups in total. The highest BCUT2D eigenvalue weighted by Gasteiger charge is 2.22. The number of carbonyl (C=O) groups is 2. The van der Waals surface area contributed by atoms with E-state index in [0.29, 0.717) is 52.3 Å². The molecule has 0 bridgehead atoms. The number of carbonyl (C=O) groups excluding carboxylic acids is 2. The molecule has 0 aromatic heterocycles. The average Bonchev–Trinajstić information content (AvgIpc) is 2.89. The predicted octanol–water partition coefficient (Wildman–Crippen LogP) is 6.27. The average molecular weight is 556 g/mol. The molecule has 38 heavy (non-hydrogen) atoms. The molecule has 2 amide bonds. The Hall–Kier alpha value is -3.55. The normalized spacial score (nSPS) is 11.8. The van der Waals surface area contributed by atoms with Crippen LogP contribution in [-0.2, 0) is 11.4 Å². The summed E-state index contributed by atoms with van der Waals surface area (Å²) in [5.74, 6) is 0.507. The van der Waals surface area contributed by atoms with E-state index in [1.54, 1.807) is 42.5 Å². The van der Waals surface area contributed by atoms with Gasteiger partial charge in [-0.15, -0.1) is 0 Å². The van der Waals surface area contributed by atoms with Gasteiger partial charge in [0.15, 0.2) is 11.5 Å². The summed E-state index contributed by atoms with van der Waals surface area (Å²) in [6, 6.07) is 18.5. The number of benzene rings is 3. The molecule has 9 heteroatoms. The number of hydrazone groups is 1. The zero-order chi connectivity index (χ0) is 27.5. The smallest absolute Gasteiger partial charge is 0.262 e. The Bertz CT molecular complexity index is 1260. The van der Waals surface area contributed by atoms with Crippen LogP contribution in [-0.4, -0.2) is 30.7 Å². The maximum absolute atomic E-state index is 12.8. The minimum absolute atomic E-state index is 0.173. The lowest BCUT2D eigenvalue weighted by Gasteiger charge is -2.19. The van der Waals surface area contributed by atoms with Crippen LogP contribution in [0.2, 0.25) is 10.0 Å². The Balaban J connectivity index is 1.65. The van der Waals surface area contributed by atoms with Crippen molar-refractivity contribution in [1.82, 2.24) is 10.7 Å². The third-order valence-electron chi connectivity index (χ3n) is 5.43. The summed E-state index contributed by atoms with van der Waals surface area (Å²) in [4.78, 5) is 25.5. The van der Waals surface area contributed by atoms with Crippen LogP contribution in [0.1, 0.15) is 48.7 Å². The van der Waals surface area contributed by atoms with E-state index in [4.69, 9.17) is 32.7 Å². The van der Waals surface area contributed by atoms with Gasteiger partial charge < -0.3 is 14.8 Å². The minimum Gasteiger partial charge on any atom is -0.490 e. The van der Waals surface area contributed by atoms with E-state index in [1.807, 2.05) is 45.0 Å². The highest BCUT2D eigenvalue weighted by molar-refractivity contribution is 6.31. The van der Waals surface area contributed by atoms with Crippen LogP contribution in [0.15, 0.2) is 71.8 Å². The molecule has 0 radical (unpaired) electrons. The van der Waals surface area contributed by atoms with Gasteiger partial charge in [0.1, 0.15) is 12.6 Å². The number of rotatable bonds is 12. The number of ether oxygens (including phenoxy) is 2. The van der Waals surface area contributed by atoms with Crippen molar-refractivity contribution < 1.29 is 19.1 Å². The van der Waals surface area contributed by atoms with Crippen molar-refractivity contribution in [2.75, 3.05) is 6.61 Å². The van der Waals surface area contributed by atoms with E-state index >= 15 is 0 Å². The van der Waals surface area contributed by atoms with E-state index in [1.165, 1.54) is 6.21 Å². The maximum Gasteiger partial charge on any atom is 0.262 e. The summed E-state index contributed by atoms with van der Waals surface area (Å²) >= 11 is 12.1. The first-order valence-corrected chi connectivity index (χ1v) is 13.0. The Morgan fingerprint density at radius 1 is 0.974 bits per heavy atom. The van der Waals surface area contributed by atoms with Crippen LogP contribution in [0.3, 0.4) is 0 Å². The molecule has 3 aromatic carbocycles. The van der Waals surface area contributed by atoms with Gasteiger partial charge in [-0.1, -0.05) is 55.2 Å². The van der Waals surface area contributed by atoms with E-state index in [-0.39, 0.29) is 11.8 Å². The highest BCUT2D eigenvalue weighted by atomic mass is 35.5. The molecule has 0 fully saturated rings. The number of nitrogens with one attached hydrogen (secondary N) is 2. The molecule has 0 spiro atoms. The predicted molar refractivity (Wildman–Crippen MR) is 151 cm³/mol. The number of amides is 2. The molecule has 1 atom stereocenters. The molecular weight excluding hydrogens is 525 g/mol. The monoisotopic (exact) mass is 555 g/mol. The topological polar surface area (TPSA) is 89.0 Å². The van der Waals surface area contributed by atoms with Crippen LogP contribution in [0.5, 0.6) is 11.5 Å². The Morgan fingerprint density at radius 2 is 1.71 bits per heavy atom. The van der Waals surface area contributed by atoms with Gasteiger partial charge in [-0.2, -0.15) is 5.10 Å². The molecule has 0 aliphatic heterocycles. The standard InChI is InChI=1S/C29H31Cl2N3O4/c1-4-37-27-16-20(9-14-26(27)38-18-22-7-5-6-8-24(22)31)17-32-34-29(36)25(15-19(2)3)33-28(35)21-10-12-23(30)13-11-21/h5-14,16-17,19,25H,4,15,18H2,1-3H3,(H,33,35)(H,34,36)/b32-17+. The van der Waals surface area contributed by atoms with Crippen LogP contribution in [0.25, 0.3) is 0 Å². The van der Waals surface area contributed by atoms with E-state index in [0.717, 1.165) is 5.56 Å². The van der Waals surface area contributed by atoms with Gasteiger partial charge in [-0.3, -0.25) is 9.59 Å². The molecule has 7 nitrogen and oxygen atoms in total. The minimum atomic E-state index is -0.755. The van der Waals surface area contributed by atoms with Crippen molar-refractivity contribution in [3.8, 4) is 11.5 Å². The second-order valence-electron chi connectivity index (χ2n) is 8.92. The van der Waals surface area contributed by atoms with Gasteiger partial charge in [0.2, 0.25) is 0 Å². The van der Waals surface area contributed by atoms with Crippen molar-refractivity contribution in [2.45, 2.75) is 39.8 Å². The Morgan fingerprint density at radius 3 is 2.39 bits per heavy atom. The molecular formula is C29H31Cl2N3O4. The maximum atomic E-state index is 12.8. The summed E-state index contributed by atoms with van der Waals surface area (Å²) in [5.41, 5.74) is 4.51. The van der Waals surface area contributed by atoms with Gasteiger partial charge in [0.25, 0.3) is 11.8 Å². The lowest BCUT2D eigenvalue weighted by atomic mass is 10.0. The van der Waals surface area contributed by atoms with Crippen LogP contribution in [0.4, 0.5) is 0 Å². The summed E-state index contributed by atoms with van der Waals surface area (Å²) in [6.07, 6.45) is 1.96. The number of hydrogen-bond acceptors (Lipinski definition) is 5. The number of hydrogen-bond donors (Lipinski definition) is 2. The molecule has 3 aromatic rings. The third-order valence-corrected chi connectivity index (χ3v) is 6.05. The largest absolute Gasteiger partial charge is 0.490 e. The second kappa shape index (κ2) is 14.4. The van der Waals surface area contributed by atoms with Crippen LogP contribution >= 0.6 is 23.2 Å². The second-order valence-corrected chi connectivity index (χ2v) is 9.76. The fraction of sp³-hybridized carbons (Fsp3) is 0.276. The zero-order valence-corrected chi connectivity index (χ0v) is 23.1. The van der Waals surface area contributed by atoms with Crippen molar-refractivity contribution in [2.24, 2.45) is 11.0 Å². The first-order chi connectivity index (χ1) is 18.3. The lowest BCUT2D eigenvalue weighted by molar-refractivity contribution is -0.123. The molecule has 3 rings (SSSR count). The zero-order valence-electron chi connectivity index (χ0n) is 21.5. The van der Waals surface area contributed by atoms with Gasteiger partial charge in [0.05, 0.1) is 12.8 Å². The van der Waals surface area contributed by atoms with Crippen molar-refractivity contribution >= 4 is 41.2 Å². The van der Waals surface area contributed by atoms with Crippen molar-refractivity contribution in [3.63, 3.8) is 0 Å². The molecule has 0 aliphatic carbocycles. The molecule has 1 unspecified atom stereocenters. The molecule has 0 saturated carbocycles. The summed E-state index contributed by atoms with van der Waals surface area (Å²) in [5, 5.41) is 8.03. The van der Waals surface area contributed by atoms with Crippen molar-refractivity contribution in [1.29, 1.82) is 0 Å². The lowest BCUT2D eigenvalue weighted by Crippen LogP contribution is -2.46. The molecule has 0 saturated heterocycles. The Kier molecular flexibility index (Phi) is 11.0. The highest BCUT2D eigenvalue weighted by Crippen LogP contribution is 2.29. The quantitative estimate of drug-likeness (QED) is 0.203. The number of halogens is 2. The van der Waals surface area contributed by atoms with Gasteiger partial charge in [0, 0.05) is 21.2 Å². The van der Waals surface area contributed by atoms with Crippen LogP contribution in [0, 0.1) is 5.92 Å². The first-order valence-electron chi connectivity index (χ1n) is 12.3. The molecule has 200 valence electrons. The van der Waals surface area contributed by atoms with E-state index in [9.17, 15) is 9.59 Å². The summed E-state index contributed by atoms with van der Waals surface area (Å²) < 4.78 is 11.7. The first kappa shape index (κ1) is 29.0. The van der Waals surface area contributed by atoms with Crippen LogP contribution < -0.4 is 20.2 Å². The fourth-order valence-electron chi connectivity index (χ4n) is 3.56. The number of nitrogens with zero attached hydrogens (tertiary/aromatic N) is 1. The van der Waals surface area contributed by atoms with E-state index in [2.05, 4.69) is 15.8 Å². The van der Waals surface area contributed by atoms with Crippen molar-refractivity contribution in [3.05, 3.63) is 93.5 Å². The molecule has 0 aliphatic rings. The van der Waals surface area contributed by atoms with E-state index < -0.39 is 11.9 Å². The summed E-state index contributed by atoms with van der Waals surface area (Å²) in [7, 11) is 0. The van der Waals surface area contributed by atoms with Gasteiger partial charge >= 0.3 is 0 Å². The molecule has 0 heterocycles. The third kappa shape index (κ3) is 8.78. The summed E-state index contributed by atoms with van der Waals surface area (Å²) in [6.45, 7) is 6.57.